The van der Waals surface area contributed by atoms with E-state index in [1.54, 1.807) is 0 Å². The summed E-state index contributed by atoms with van der Waals surface area (Å²) in [5, 5.41) is 3.49. The quantitative estimate of drug-likeness (QED) is 0.508. The van der Waals surface area contributed by atoms with Gasteiger partial charge in [-0.25, -0.2) is 4.98 Å². The van der Waals surface area contributed by atoms with Crippen LogP contribution >= 0.6 is 0 Å². The molecule has 1 saturated heterocycles. The summed E-state index contributed by atoms with van der Waals surface area (Å²) in [5.41, 5.74) is 2.38. The van der Waals surface area contributed by atoms with Crippen LogP contribution in [-0.2, 0) is 17.9 Å². The van der Waals surface area contributed by atoms with Gasteiger partial charge >= 0.3 is 0 Å². The van der Waals surface area contributed by atoms with Gasteiger partial charge in [0.1, 0.15) is 0 Å². The molecule has 2 aromatic rings. The van der Waals surface area contributed by atoms with Crippen molar-refractivity contribution in [2.75, 3.05) is 33.4 Å². The second kappa shape index (κ2) is 10.4. The van der Waals surface area contributed by atoms with Gasteiger partial charge in [-0.2, -0.15) is 0 Å². The zero-order valence-corrected chi connectivity index (χ0v) is 17.8. The van der Waals surface area contributed by atoms with Crippen molar-refractivity contribution in [3.05, 3.63) is 59.8 Å². The van der Waals surface area contributed by atoms with Crippen LogP contribution in [0.5, 0.6) is 5.88 Å². The number of benzene rings is 1. The van der Waals surface area contributed by atoms with E-state index in [2.05, 4.69) is 44.5 Å². The van der Waals surface area contributed by atoms with E-state index in [0.717, 1.165) is 50.2 Å². The third kappa shape index (κ3) is 6.20. The maximum atomic E-state index is 5.94. The Bertz CT molecular complexity index is 823. The third-order valence-corrected chi connectivity index (χ3v) is 5.68. The number of nitrogens with zero attached hydrogens (tertiary/aromatic N) is 3. The van der Waals surface area contributed by atoms with Crippen LogP contribution in [0.1, 0.15) is 30.4 Å². The molecule has 0 spiro atoms. The van der Waals surface area contributed by atoms with Crippen LogP contribution in [-0.4, -0.2) is 49.2 Å². The van der Waals surface area contributed by atoms with E-state index in [1.807, 2.05) is 31.4 Å². The zero-order valence-electron chi connectivity index (χ0n) is 17.8. The lowest BCUT2D eigenvalue weighted by atomic mass is 10.1. The van der Waals surface area contributed by atoms with Crippen molar-refractivity contribution in [3.8, 4) is 5.88 Å². The number of hydrogen-bond donors (Lipinski definition) is 1. The van der Waals surface area contributed by atoms with E-state index >= 15 is 0 Å². The minimum absolute atomic E-state index is 0.538. The molecule has 2 fully saturated rings. The molecule has 0 radical (unpaired) electrons. The normalized spacial score (nSPS) is 19.2. The number of hydrogen-bond acceptors (Lipinski definition) is 4. The van der Waals surface area contributed by atoms with Gasteiger partial charge in [0, 0.05) is 44.9 Å². The van der Waals surface area contributed by atoms with Gasteiger partial charge in [-0.1, -0.05) is 30.3 Å². The molecule has 1 aliphatic carbocycles. The van der Waals surface area contributed by atoms with Crippen LogP contribution in [0.25, 0.3) is 0 Å². The fourth-order valence-corrected chi connectivity index (χ4v) is 3.72. The minimum atomic E-state index is 0.538. The second-order valence-electron chi connectivity index (χ2n) is 8.26. The van der Waals surface area contributed by atoms with Crippen LogP contribution in [0.3, 0.4) is 0 Å². The van der Waals surface area contributed by atoms with Gasteiger partial charge in [0.15, 0.2) is 5.96 Å². The van der Waals surface area contributed by atoms with Gasteiger partial charge in [-0.05, 0) is 42.4 Å². The molecule has 4 rings (SSSR count). The lowest BCUT2D eigenvalue weighted by molar-refractivity contribution is 0.0906. The van der Waals surface area contributed by atoms with Crippen molar-refractivity contribution in [1.29, 1.82) is 0 Å². The monoisotopic (exact) mass is 408 g/mol. The Kier molecular flexibility index (Phi) is 7.19. The number of guanidine groups is 1. The SMILES string of the molecule is CN=C(NCc1ccnc(OCC2CC2)c1)N1CCC(COCc2ccccc2)C1. The minimum Gasteiger partial charge on any atom is -0.477 e. The Balaban J connectivity index is 1.20. The standard InChI is InChI=1S/C24H32N4O2/c1-25-24(27-14-21-9-11-26-23(13-21)30-18-20-7-8-20)28-12-10-22(15-28)17-29-16-19-5-3-2-4-6-19/h2-6,9,11,13,20,22H,7-8,10,12,14-18H2,1H3,(H,25,27). The van der Waals surface area contributed by atoms with Crippen LogP contribution in [0.4, 0.5) is 0 Å². The number of aliphatic imine (C=N–C) groups is 1. The average molecular weight is 409 g/mol. The fraction of sp³-hybridized carbons (Fsp3) is 0.500. The molecule has 1 aliphatic heterocycles. The first-order valence-corrected chi connectivity index (χ1v) is 10.9. The molecule has 160 valence electrons. The summed E-state index contributed by atoms with van der Waals surface area (Å²) in [6.07, 6.45) is 5.51. The number of pyridine rings is 1. The molecule has 30 heavy (non-hydrogen) atoms. The maximum absolute atomic E-state index is 5.94. The number of likely N-dealkylation sites (tertiary alicyclic amines) is 1. The summed E-state index contributed by atoms with van der Waals surface area (Å²) < 4.78 is 11.7. The van der Waals surface area contributed by atoms with Gasteiger partial charge in [0.25, 0.3) is 0 Å². The average Bonchev–Trinajstić information content (AvgIpc) is 3.51. The largest absolute Gasteiger partial charge is 0.477 e. The van der Waals surface area contributed by atoms with Crippen molar-refractivity contribution < 1.29 is 9.47 Å². The molecule has 1 N–H and O–H groups in total. The smallest absolute Gasteiger partial charge is 0.213 e. The van der Waals surface area contributed by atoms with Crippen molar-refractivity contribution in [1.82, 2.24) is 15.2 Å². The van der Waals surface area contributed by atoms with Crippen molar-refractivity contribution in [3.63, 3.8) is 0 Å². The lowest BCUT2D eigenvalue weighted by Crippen LogP contribution is -2.39. The Morgan fingerprint density at radius 2 is 1.97 bits per heavy atom. The van der Waals surface area contributed by atoms with E-state index < -0.39 is 0 Å². The zero-order chi connectivity index (χ0) is 20.6. The van der Waals surface area contributed by atoms with Gasteiger partial charge in [0.2, 0.25) is 5.88 Å². The molecule has 0 bridgehead atoms. The molecule has 1 saturated carbocycles. The summed E-state index contributed by atoms with van der Waals surface area (Å²) in [6.45, 7) is 4.94. The summed E-state index contributed by atoms with van der Waals surface area (Å²) in [6, 6.07) is 14.4. The third-order valence-electron chi connectivity index (χ3n) is 5.68. The van der Waals surface area contributed by atoms with E-state index in [-0.39, 0.29) is 0 Å². The molecule has 0 amide bonds. The highest BCUT2D eigenvalue weighted by atomic mass is 16.5. The highest BCUT2D eigenvalue weighted by Gasteiger charge is 2.25. The van der Waals surface area contributed by atoms with Crippen LogP contribution in [0.2, 0.25) is 0 Å². The highest BCUT2D eigenvalue weighted by molar-refractivity contribution is 5.80. The molecule has 1 aromatic heterocycles. The predicted octanol–water partition coefficient (Wildman–Crippen LogP) is 3.48. The Morgan fingerprint density at radius 3 is 2.77 bits per heavy atom. The van der Waals surface area contributed by atoms with Crippen LogP contribution in [0.15, 0.2) is 53.7 Å². The topological polar surface area (TPSA) is 59.0 Å². The second-order valence-corrected chi connectivity index (χ2v) is 8.26. The molecule has 1 unspecified atom stereocenters. The number of ether oxygens (including phenoxy) is 2. The van der Waals surface area contributed by atoms with Crippen molar-refractivity contribution >= 4 is 5.96 Å². The van der Waals surface area contributed by atoms with Gasteiger partial charge in [0.05, 0.1) is 19.8 Å². The summed E-state index contributed by atoms with van der Waals surface area (Å²) >= 11 is 0. The van der Waals surface area contributed by atoms with Crippen molar-refractivity contribution in [2.45, 2.75) is 32.4 Å². The molecule has 1 aromatic carbocycles. The fourth-order valence-electron chi connectivity index (χ4n) is 3.72. The predicted molar refractivity (Wildman–Crippen MR) is 118 cm³/mol. The molecule has 6 heteroatoms. The lowest BCUT2D eigenvalue weighted by Gasteiger charge is -2.22. The number of aromatic nitrogens is 1. The summed E-state index contributed by atoms with van der Waals surface area (Å²) in [5.74, 6) is 2.92. The Morgan fingerprint density at radius 1 is 1.10 bits per heavy atom. The van der Waals surface area contributed by atoms with Crippen molar-refractivity contribution in [2.24, 2.45) is 16.8 Å². The first-order valence-electron chi connectivity index (χ1n) is 10.9. The maximum Gasteiger partial charge on any atom is 0.213 e. The van der Waals surface area contributed by atoms with E-state index in [9.17, 15) is 0 Å². The number of rotatable bonds is 9. The van der Waals surface area contributed by atoms with Gasteiger partial charge in [-0.3, -0.25) is 4.99 Å². The molecule has 2 heterocycles. The first kappa shape index (κ1) is 20.7. The Hall–Kier alpha value is -2.60. The first-order chi connectivity index (χ1) is 14.8. The van der Waals surface area contributed by atoms with E-state index in [1.165, 1.54) is 18.4 Å². The van der Waals surface area contributed by atoms with Crippen LogP contribution < -0.4 is 10.1 Å². The molecular weight excluding hydrogens is 376 g/mol. The van der Waals surface area contributed by atoms with E-state index in [4.69, 9.17) is 9.47 Å². The van der Waals surface area contributed by atoms with Gasteiger partial charge in [-0.15, -0.1) is 0 Å². The van der Waals surface area contributed by atoms with Gasteiger partial charge < -0.3 is 19.7 Å². The van der Waals surface area contributed by atoms with Crippen LogP contribution in [0, 0.1) is 11.8 Å². The Labute approximate surface area is 179 Å². The van der Waals surface area contributed by atoms with E-state index in [0.29, 0.717) is 24.9 Å². The number of nitrogens with one attached hydrogen (secondary N) is 1. The summed E-state index contributed by atoms with van der Waals surface area (Å²) in [7, 11) is 1.85. The highest BCUT2D eigenvalue weighted by Crippen LogP contribution is 2.29. The molecule has 6 nitrogen and oxygen atoms in total. The molecule has 1 atom stereocenters. The molecule has 2 aliphatic rings. The summed E-state index contributed by atoms with van der Waals surface area (Å²) in [4.78, 5) is 11.1. The molecular formula is C24H32N4O2.